The highest BCUT2D eigenvalue weighted by atomic mass is 15.1. The van der Waals surface area contributed by atoms with Crippen molar-refractivity contribution in [3.8, 4) is 0 Å². The lowest BCUT2D eigenvalue weighted by Gasteiger charge is -2.25. The van der Waals surface area contributed by atoms with E-state index in [2.05, 4.69) is 59.9 Å². The molecule has 0 atom stereocenters. The fraction of sp³-hybridized carbons (Fsp3) is 0.438. The molecule has 0 unspecified atom stereocenters. The average molecular weight is 257 g/mol. The maximum Gasteiger partial charge on any atom is 0.0951 e. The Hall–Kier alpha value is -1.61. The number of nitrogens with zero attached hydrogens (tertiary/aromatic N) is 2. The molecule has 0 spiro atoms. The van der Waals surface area contributed by atoms with E-state index in [0.717, 1.165) is 13.0 Å². The van der Waals surface area contributed by atoms with Crippen molar-refractivity contribution in [2.75, 3.05) is 7.05 Å². The minimum atomic E-state index is -0.0696. The Morgan fingerprint density at radius 2 is 1.79 bits per heavy atom. The maximum atomic E-state index is 4.29. The van der Waals surface area contributed by atoms with Crippen molar-refractivity contribution in [1.29, 1.82) is 0 Å². The Morgan fingerprint density at radius 1 is 1.16 bits per heavy atom. The molecule has 1 N–H and O–H groups in total. The van der Waals surface area contributed by atoms with Crippen molar-refractivity contribution in [3.05, 3.63) is 53.6 Å². The second-order valence-corrected chi connectivity index (χ2v) is 5.45. The van der Waals surface area contributed by atoms with E-state index < -0.39 is 0 Å². The van der Waals surface area contributed by atoms with Gasteiger partial charge in [0.25, 0.3) is 0 Å². The minimum absolute atomic E-state index is 0.0696. The van der Waals surface area contributed by atoms with Gasteiger partial charge in [-0.25, -0.2) is 4.98 Å². The Morgan fingerprint density at radius 3 is 2.37 bits per heavy atom. The normalized spacial score (nSPS) is 11.8. The van der Waals surface area contributed by atoms with Gasteiger partial charge in [-0.05, 0) is 38.4 Å². The van der Waals surface area contributed by atoms with E-state index in [-0.39, 0.29) is 5.54 Å². The standard InChI is InChI=1S/C16H23N3/c1-5-13-6-8-14(9-7-13)11-19-12-18-10-15(19)16(2,3)17-4/h6-10,12,17H,5,11H2,1-4H3. The minimum Gasteiger partial charge on any atom is -0.328 e. The molecule has 0 saturated carbocycles. The number of nitrogens with one attached hydrogen (secondary N) is 1. The van der Waals surface area contributed by atoms with Gasteiger partial charge in [0.1, 0.15) is 0 Å². The highest BCUT2D eigenvalue weighted by Gasteiger charge is 2.21. The van der Waals surface area contributed by atoms with Crippen LogP contribution >= 0.6 is 0 Å². The van der Waals surface area contributed by atoms with E-state index in [1.54, 1.807) is 0 Å². The summed E-state index contributed by atoms with van der Waals surface area (Å²) < 4.78 is 2.21. The molecule has 0 amide bonds. The zero-order valence-corrected chi connectivity index (χ0v) is 12.3. The SMILES string of the molecule is CCc1ccc(Cn2cncc2C(C)(C)NC)cc1. The van der Waals surface area contributed by atoms with Crippen molar-refractivity contribution < 1.29 is 0 Å². The molecule has 1 heterocycles. The predicted molar refractivity (Wildman–Crippen MR) is 79.2 cm³/mol. The summed E-state index contributed by atoms with van der Waals surface area (Å²) in [6.45, 7) is 7.38. The molecular weight excluding hydrogens is 234 g/mol. The molecule has 0 aliphatic heterocycles. The third-order valence-electron chi connectivity index (χ3n) is 3.76. The second-order valence-electron chi connectivity index (χ2n) is 5.45. The number of rotatable bonds is 5. The molecule has 0 radical (unpaired) electrons. The van der Waals surface area contributed by atoms with Crippen molar-refractivity contribution in [3.63, 3.8) is 0 Å². The van der Waals surface area contributed by atoms with Crippen LogP contribution in [0.2, 0.25) is 0 Å². The molecule has 0 aliphatic rings. The number of imidazole rings is 1. The fourth-order valence-corrected chi connectivity index (χ4v) is 2.17. The second kappa shape index (κ2) is 5.57. The van der Waals surface area contributed by atoms with E-state index in [0.29, 0.717) is 0 Å². The average Bonchev–Trinajstić information content (AvgIpc) is 2.88. The molecule has 102 valence electrons. The Balaban J connectivity index is 2.21. The number of hydrogen-bond donors (Lipinski definition) is 1. The molecule has 3 nitrogen and oxygen atoms in total. The maximum absolute atomic E-state index is 4.29. The number of benzene rings is 1. The summed E-state index contributed by atoms with van der Waals surface area (Å²) in [4.78, 5) is 4.29. The van der Waals surface area contributed by atoms with Crippen molar-refractivity contribution >= 4 is 0 Å². The summed E-state index contributed by atoms with van der Waals surface area (Å²) in [7, 11) is 1.98. The molecule has 2 rings (SSSR count). The smallest absolute Gasteiger partial charge is 0.0951 e. The van der Waals surface area contributed by atoms with E-state index in [9.17, 15) is 0 Å². The molecule has 0 saturated heterocycles. The van der Waals surface area contributed by atoms with Gasteiger partial charge in [-0.2, -0.15) is 0 Å². The largest absolute Gasteiger partial charge is 0.328 e. The molecule has 1 aromatic heterocycles. The molecule has 0 fully saturated rings. The summed E-state index contributed by atoms with van der Waals surface area (Å²) in [5.74, 6) is 0. The molecule has 1 aromatic carbocycles. The van der Waals surface area contributed by atoms with Crippen LogP contribution in [0.3, 0.4) is 0 Å². The zero-order chi connectivity index (χ0) is 13.9. The molecule has 0 aliphatic carbocycles. The van der Waals surface area contributed by atoms with Crippen LogP contribution in [0, 0.1) is 0 Å². The monoisotopic (exact) mass is 257 g/mol. The van der Waals surface area contributed by atoms with E-state index >= 15 is 0 Å². The summed E-state index contributed by atoms with van der Waals surface area (Å²) >= 11 is 0. The number of hydrogen-bond acceptors (Lipinski definition) is 2. The van der Waals surface area contributed by atoms with Crippen LogP contribution < -0.4 is 5.32 Å². The molecule has 3 heteroatoms. The van der Waals surface area contributed by atoms with Crippen LogP contribution in [-0.2, 0) is 18.5 Å². The van der Waals surface area contributed by atoms with Gasteiger partial charge in [0.05, 0.1) is 23.8 Å². The third-order valence-corrected chi connectivity index (χ3v) is 3.76. The first-order valence-electron chi connectivity index (χ1n) is 6.84. The van der Waals surface area contributed by atoms with Crippen LogP contribution in [0.15, 0.2) is 36.8 Å². The van der Waals surface area contributed by atoms with Crippen LogP contribution in [-0.4, -0.2) is 16.6 Å². The lowest BCUT2D eigenvalue weighted by Crippen LogP contribution is -2.35. The van der Waals surface area contributed by atoms with Crippen LogP contribution in [0.5, 0.6) is 0 Å². The van der Waals surface area contributed by atoms with Gasteiger partial charge in [-0.1, -0.05) is 31.2 Å². The van der Waals surface area contributed by atoms with E-state index in [1.165, 1.54) is 16.8 Å². The van der Waals surface area contributed by atoms with Gasteiger partial charge >= 0.3 is 0 Å². The summed E-state index contributed by atoms with van der Waals surface area (Å²) in [6.07, 6.45) is 4.93. The molecule has 2 aromatic rings. The summed E-state index contributed by atoms with van der Waals surface area (Å²) in [6, 6.07) is 8.81. The molecule has 0 bridgehead atoms. The Bertz CT molecular complexity index is 523. The third kappa shape index (κ3) is 3.04. The van der Waals surface area contributed by atoms with E-state index in [1.807, 2.05) is 19.6 Å². The summed E-state index contributed by atoms with van der Waals surface area (Å²) in [5, 5.41) is 3.33. The fourth-order valence-electron chi connectivity index (χ4n) is 2.17. The lowest BCUT2D eigenvalue weighted by atomic mass is 10.0. The number of aryl methyl sites for hydroxylation is 1. The highest BCUT2D eigenvalue weighted by molar-refractivity contribution is 5.23. The summed E-state index contributed by atoms with van der Waals surface area (Å²) in [5.41, 5.74) is 3.82. The molecule has 19 heavy (non-hydrogen) atoms. The Kier molecular flexibility index (Phi) is 4.05. The highest BCUT2D eigenvalue weighted by Crippen LogP contribution is 2.20. The first kappa shape index (κ1) is 13.8. The van der Waals surface area contributed by atoms with Crippen LogP contribution in [0.4, 0.5) is 0 Å². The van der Waals surface area contributed by atoms with Gasteiger partial charge in [-0.15, -0.1) is 0 Å². The lowest BCUT2D eigenvalue weighted by molar-refractivity contribution is 0.413. The predicted octanol–water partition coefficient (Wildman–Crippen LogP) is 2.95. The van der Waals surface area contributed by atoms with Crippen LogP contribution in [0.25, 0.3) is 0 Å². The van der Waals surface area contributed by atoms with Gasteiger partial charge in [-0.3, -0.25) is 0 Å². The van der Waals surface area contributed by atoms with Crippen molar-refractivity contribution in [2.24, 2.45) is 0 Å². The van der Waals surface area contributed by atoms with Gasteiger partial charge in [0.15, 0.2) is 0 Å². The van der Waals surface area contributed by atoms with Gasteiger partial charge < -0.3 is 9.88 Å². The van der Waals surface area contributed by atoms with Gasteiger partial charge in [0, 0.05) is 6.54 Å². The van der Waals surface area contributed by atoms with Crippen LogP contribution in [0.1, 0.15) is 37.6 Å². The number of aromatic nitrogens is 2. The topological polar surface area (TPSA) is 29.9 Å². The zero-order valence-electron chi connectivity index (χ0n) is 12.3. The first-order chi connectivity index (χ1) is 9.06. The molecular formula is C16H23N3. The van der Waals surface area contributed by atoms with Crippen molar-refractivity contribution in [2.45, 2.75) is 39.3 Å². The van der Waals surface area contributed by atoms with Gasteiger partial charge in [0.2, 0.25) is 0 Å². The van der Waals surface area contributed by atoms with Crippen molar-refractivity contribution in [1.82, 2.24) is 14.9 Å². The first-order valence-corrected chi connectivity index (χ1v) is 6.84. The Labute approximate surface area is 115 Å². The quantitative estimate of drug-likeness (QED) is 0.892. The van der Waals surface area contributed by atoms with E-state index in [4.69, 9.17) is 0 Å².